The van der Waals surface area contributed by atoms with Gasteiger partial charge in [0.1, 0.15) is 0 Å². The molecule has 5 aliphatic carbocycles. The van der Waals surface area contributed by atoms with Gasteiger partial charge in [0, 0.05) is 17.5 Å². The second-order valence-corrected chi connectivity index (χ2v) is 12.3. The minimum absolute atomic E-state index is 0.173. The van der Waals surface area contributed by atoms with Gasteiger partial charge in [-0.05, 0) is 105 Å². The van der Waals surface area contributed by atoms with E-state index in [0.717, 1.165) is 53.8 Å². The number of ketones is 1. The van der Waals surface area contributed by atoms with Gasteiger partial charge in [-0.25, -0.2) is 0 Å². The zero-order valence-corrected chi connectivity index (χ0v) is 19.2. The molecule has 0 aliphatic heterocycles. The Morgan fingerprint density at radius 2 is 1.75 bits per heavy atom. The number of aromatic nitrogens is 2. The fraction of sp³-hybridized carbons (Fsp3) is 0.714. The van der Waals surface area contributed by atoms with Crippen molar-refractivity contribution in [3.8, 4) is 0 Å². The third kappa shape index (κ3) is 2.71. The summed E-state index contributed by atoms with van der Waals surface area (Å²) in [6, 6.07) is 8.13. The van der Waals surface area contributed by atoms with Crippen molar-refractivity contribution in [1.82, 2.24) is 9.78 Å². The number of hydrogen-bond donors (Lipinski definition) is 1. The van der Waals surface area contributed by atoms with Crippen LogP contribution in [-0.2, 0) is 11.3 Å². The molecule has 0 saturated heterocycles. The molecule has 4 heteroatoms. The Morgan fingerprint density at radius 1 is 1.00 bits per heavy atom. The largest absolute Gasteiger partial charge is 0.390 e. The minimum Gasteiger partial charge on any atom is -0.390 e. The lowest BCUT2D eigenvalue weighted by atomic mass is 9.49. The van der Waals surface area contributed by atoms with E-state index in [4.69, 9.17) is 0 Å². The van der Waals surface area contributed by atoms with Crippen LogP contribution in [0.25, 0.3) is 10.9 Å². The van der Waals surface area contributed by atoms with E-state index >= 15 is 0 Å². The molecule has 32 heavy (non-hydrogen) atoms. The van der Waals surface area contributed by atoms with Gasteiger partial charge in [0.05, 0.1) is 17.7 Å². The summed E-state index contributed by atoms with van der Waals surface area (Å²) in [4.78, 5) is 13.5. The molecule has 2 aromatic rings. The van der Waals surface area contributed by atoms with E-state index in [-0.39, 0.29) is 16.9 Å². The molecule has 0 spiro atoms. The summed E-state index contributed by atoms with van der Waals surface area (Å²) in [6.07, 6.45) is 12.9. The molecule has 4 nitrogen and oxygen atoms in total. The van der Waals surface area contributed by atoms with Crippen LogP contribution < -0.4 is 0 Å². The Morgan fingerprint density at radius 3 is 2.56 bits per heavy atom. The van der Waals surface area contributed by atoms with Gasteiger partial charge >= 0.3 is 0 Å². The van der Waals surface area contributed by atoms with Crippen LogP contribution in [0.5, 0.6) is 0 Å². The Bertz CT molecular complexity index is 1040. The van der Waals surface area contributed by atoms with Crippen LogP contribution in [0, 0.1) is 46.8 Å². The van der Waals surface area contributed by atoms with Crippen molar-refractivity contribution in [3.63, 3.8) is 0 Å². The molecule has 9 unspecified atom stereocenters. The van der Waals surface area contributed by atoms with Crippen molar-refractivity contribution in [3.05, 3.63) is 30.5 Å². The summed E-state index contributed by atoms with van der Waals surface area (Å²) in [6.45, 7) is 2.87. The first kappa shape index (κ1) is 19.8. The quantitative estimate of drug-likeness (QED) is 0.722. The molecule has 0 radical (unpaired) electrons. The summed E-state index contributed by atoms with van der Waals surface area (Å²) < 4.78 is 1.87. The summed E-state index contributed by atoms with van der Waals surface area (Å²) in [5.41, 5.74) is 0.870. The first-order valence-electron chi connectivity index (χ1n) is 13.1. The number of benzene rings is 1. The van der Waals surface area contributed by atoms with E-state index < -0.39 is 0 Å². The predicted molar refractivity (Wildman–Crippen MR) is 124 cm³/mol. The smallest absolute Gasteiger partial charge is 0.157 e. The Balaban J connectivity index is 1.09. The van der Waals surface area contributed by atoms with E-state index in [9.17, 15) is 9.90 Å². The van der Waals surface area contributed by atoms with Crippen LogP contribution >= 0.6 is 0 Å². The van der Waals surface area contributed by atoms with Gasteiger partial charge in [-0.3, -0.25) is 9.48 Å². The van der Waals surface area contributed by atoms with Gasteiger partial charge in [-0.2, -0.15) is 5.10 Å². The summed E-state index contributed by atoms with van der Waals surface area (Å²) in [7, 11) is 0. The lowest BCUT2D eigenvalue weighted by Gasteiger charge is -2.56. The number of aliphatic hydroxyl groups is 1. The molecule has 1 aromatic heterocycles. The van der Waals surface area contributed by atoms with Crippen LogP contribution in [0.3, 0.4) is 0 Å². The number of nitrogens with zero attached hydrogens (tertiary/aromatic N) is 2. The fourth-order valence-corrected chi connectivity index (χ4v) is 9.58. The number of rotatable bonds is 3. The van der Waals surface area contributed by atoms with Gasteiger partial charge in [-0.1, -0.05) is 25.1 Å². The molecule has 5 saturated carbocycles. The Labute approximate surface area is 190 Å². The third-order valence-electron chi connectivity index (χ3n) is 11.1. The van der Waals surface area contributed by atoms with Gasteiger partial charge in [0.15, 0.2) is 5.78 Å². The maximum Gasteiger partial charge on any atom is 0.157 e. The average molecular weight is 433 g/mol. The van der Waals surface area contributed by atoms with Crippen molar-refractivity contribution >= 4 is 16.7 Å². The minimum atomic E-state index is -0.278. The predicted octanol–water partition coefficient (Wildman–Crippen LogP) is 5.24. The van der Waals surface area contributed by atoms with E-state index in [2.05, 4.69) is 18.1 Å². The van der Waals surface area contributed by atoms with Crippen LogP contribution in [-0.4, -0.2) is 26.3 Å². The van der Waals surface area contributed by atoms with E-state index in [0.29, 0.717) is 24.2 Å². The standard InChI is InChI=1S/C28H36N2O2/c1-27-12-10-18-19-11-13-28(32)14-24(28)21(19)7-6-20(18)22(27)8-9-23(27)26(31)16-30-15-17-4-2-3-5-25(17)29-30/h2-5,15,18-24,32H,6-14,16H2,1H3. The first-order chi connectivity index (χ1) is 15.5. The van der Waals surface area contributed by atoms with Crippen molar-refractivity contribution in [1.29, 1.82) is 0 Å². The maximum atomic E-state index is 13.5. The maximum absolute atomic E-state index is 13.5. The zero-order chi connectivity index (χ0) is 21.7. The second-order valence-electron chi connectivity index (χ2n) is 12.3. The zero-order valence-electron chi connectivity index (χ0n) is 19.2. The first-order valence-corrected chi connectivity index (χ1v) is 13.1. The molecule has 9 atom stereocenters. The van der Waals surface area contributed by atoms with Gasteiger partial charge in [0.2, 0.25) is 0 Å². The molecule has 5 aliphatic rings. The molecule has 5 fully saturated rings. The van der Waals surface area contributed by atoms with Crippen molar-refractivity contribution < 1.29 is 9.90 Å². The highest BCUT2D eigenvalue weighted by atomic mass is 16.3. The number of Topliss-reactive ketones (excluding diaryl/α,β-unsaturated/α-hetero) is 1. The topological polar surface area (TPSA) is 55.1 Å². The molecule has 170 valence electrons. The van der Waals surface area contributed by atoms with Crippen molar-refractivity contribution in [2.75, 3.05) is 0 Å². The normalized spacial score (nSPS) is 46.8. The average Bonchev–Trinajstić information content (AvgIpc) is 3.13. The van der Waals surface area contributed by atoms with Crippen LogP contribution in [0.2, 0.25) is 0 Å². The van der Waals surface area contributed by atoms with Crippen LogP contribution in [0.1, 0.15) is 64.7 Å². The summed E-state index contributed by atoms with van der Waals surface area (Å²) in [5.74, 6) is 5.21. The molecular formula is C28H36N2O2. The SMILES string of the molecule is CC12CCC3C4CCC5(O)CC5C4CCC3C1CCC2C(=O)Cn1cc2ccccc2n1. The molecule has 1 aromatic carbocycles. The highest BCUT2D eigenvalue weighted by molar-refractivity contribution is 5.83. The highest BCUT2D eigenvalue weighted by Gasteiger charge is 2.65. The summed E-state index contributed by atoms with van der Waals surface area (Å²) in [5, 5.41) is 16.5. The molecule has 1 heterocycles. The monoisotopic (exact) mass is 432 g/mol. The number of carbonyl (C=O) groups excluding carboxylic acids is 1. The van der Waals surface area contributed by atoms with E-state index in [1.165, 1.54) is 38.5 Å². The lowest BCUT2D eigenvalue weighted by Crippen LogP contribution is -2.50. The summed E-state index contributed by atoms with van der Waals surface area (Å²) >= 11 is 0. The van der Waals surface area contributed by atoms with Crippen molar-refractivity contribution in [2.24, 2.45) is 46.8 Å². The second kappa shape index (κ2) is 6.68. The molecule has 0 bridgehead atoms. The Kier molecular flexibility index (Phi) is 4.13. The Hall–Kier alpha value is -1.68. The number of carbonyl (C=O) groups is 1. The van der Waals surface area contributed by atoms with E-state index in [1.807, 2.05) is 29.1 Å². The number of fused-ring (bicyclic) bond motifs is 8. The third-order valence-corrected chi connectivity index (χ3v) is 11.1. The van der Waals surface area contributed by atoms with Crippen LogP contribution in [0.15, 0.2) is 30.5 Å². The highest BCUT2D eigenvalue weighted by Crippen LogP contribution is 2.68. The van der Waals surface area contributed by atoms with Crippen LogP contribution in [0.4, 0.5) is 0 Å². The van der Waals surface area contributed by atoms with Crippen molar-refractivity contribution in [2.45, 2.75) is 76.9 Å². The van der Waals surface area contributed by atoms with Gasteiger partial charge in [0.25, 0.3) is 0 Å². The lowest BCUT2D eigenvalue weighted by molar-refractivity contribution is -0.131. The molecule has 0 amide bonds. The molecular weight excluding hydrogens is 396 g/mol. The molecule has 1 N–H and O–H groups in total. The van der Waals surface area contributed by atoms with Gasteiger partial charge in [-0.15, -0.1) is 0 Å². The molecule has 7 rings (SSSR count). The fourth-order valence-electron chi connectivity index (χ4n) is 9.58. The number of hydrogen-bond acceptors (Lipinski definition) is 3. The van der Waals surface area contributed by atoms with E-state index in [1.54, 1.807) is 0 Å². The van der Waals surface area contributed by atoms with Gasteiger partial charge < -0.3 is 5.11 Å².